The van der Waals surface area contributed by atoms with Gasteiger partial charge in [0.1, 0.15) is 11.5 Å². The lowest BCUT2D eigenvalue weighted by Crippen LogP contribution is -2.16. The molecule has 1 atom stereocenters. The Hall–Kier alpha value is -3.18. The lowest BCUT2D eigenvalue weighted by atomic mass is 10.1. The summed E-state index contributed by atoms with van der Waals surface area (Å²) in [5, 5.41) is 9.40. The SMILES string of the molecule is Cc1cc(CCC(=O)O)ccc1OCCC(C)Oc1ccc(Cl)cc1Oc1ccccc1. The molecule has 0 saturated heterocycles. The summed E-state index contributed by atoms with van der Waals surface area (Å²) >= 11 is 6.15. The molecule has 3 aromatic rings. The van der Waals surface area contributed by atoms with Crippen molar-refractivity contribution in [3.05, 3.63) is 82.9 Å². The molecule has 0 amide bonds. The Morgan fingerprint density at radius 2 is 1.75 bits per heavy atom. The number of para-hydroxylation sites is 1. The zero-order chi connectivity index (χ0) is 22.9. The van der Waals surface area contributed by atoms with Gasteiger partial charge in [-0.2, -0.15) is 0 Å². The minimum atomic E-state index is -0.796. The fourth-order valence-corrected chi connectivity index (χ4v) is 3.33. The van der Waals surface area contributed by atoms with E-state index in [1.807, 2.05) is 62.4 Å². The highest BCUT2D eigenvalue weighted by molar-refractivity contribution is 6.30. The standard InChI is InChI=1S/C26H27ClO5/c1-18-16-20(9-13-26(28)29)8-11-23(18)30-15-14-19(2)31-24-12-10-21(27)17-25(24)32-22-6-4-3-5-7-22/h3-8,10-12,16-17,19H,9,13-15H2,1-2H3,(H,28,29). The van der Waals surface area contributed by atoms with Crippen LogP contribution in [0.2, 0.25) is 5.02 Å². The minimum absolute atomic E-state index is 0.107. The summed E-state index contributed by atoms with van der Waals surface area (Å²) < 4.78 is 18.0. The first kappa shape index (κ1) is 23.5. The molecule has 6 heteroatoms. The molecule has 0 aliphatic rings. The van der Waals surface area contributed by atoms with Crippen LogP contribution >= 0.6 is 11.6 Å². The highest BCUT2D eigenvalue weighted by Crippen LogP contribution is 2.35. The zero-order valence-electron chi connectivity index (χ0n) is 18.2. The third-order valence-corrected chi connectivity index (χ3v) is 5.09. The molecule has 0 aliphatic carbocycles. The van der Waals surface area contributed by atoms with Crippen LogP contribution in [0.5, 0.6) is 23.0 Å². The number of ether oxygens (including phenoxy) is 3. The van der Waals surface area contributed by atoms with Gasteiger partial charge in [0.25, 0.3) is 0 Å². The second kappa shape index (κ2) is 11.4. The molecule has 0 fully saturated rings. The lowest BCUT2D eigenvalue weighted by molar-refractivity contribution is -0.136. The van der Waals surface area contributed by atoms with Gasteiger partial charge in [0.05, 0.1) is 12.7 Å². The fraction of sp³-hybridized carbons (Fsp3) is 0.269. The summed E-state index contributed by atoms with van der Waals surface area (Å²) in [6.07, 6.45) is 1.20. The maximum atomic E-state index is 10.7. The number of aryl methyl sites for hydroxylation is 2. The average Bonchev–Trinajstić information content (AvgIpc) is 2.76. The predicted molar refractivity (Wildman–Crippen MR) is 125 cm³/mol. The van der Waals surface area contributed by atoms with Crippen molar-refractivity contribution in [1.29, 1.82) is 0 Å². The molecule has 0 aliphatic heterocycles. The van der Waals surface area contributed by atoms with Crippen molar-refractivity contribution < 1.29 is 24.1 Å². The summed E-state index contributed by atoms with van der Waals surface area (Å²) in [6.45, 7) is 4.42. The molecule has 0 bridgehead atoms. The van der Waals surface area contributed by atoms with Crippen LogP contribution in [-0.2, 0) is 11.2 Å². The van der Waals surface area contributed by atoms with Crippen molar-refractivity contribution in [2.24, 2.45) is 0 Å². The predicted octanol–water partition coefficient (Wildman–Crippen LogP) is 6.69. The highest BCUT2D eigenvalue weighted by Gasteiger charge is 2.12. The van der Waals surface area contributed by atoms with E-state index in [2.05, 4.69) is 0 Å². The van der Waals surface area contributed by atoms with E-state index in [1.165, 1.54) is 0 Å². The summed E-state index contributed by atoms with van der Waals surface area (Å²) in [7, 11) is 0. The van der Waals surface area contributed by atoms with Crippen LogP contribution in [0.15, 0.2) is 66.7 Å². The maximum Gasteiger partial charge on any atom is 0.303 e. The summed E-state index contributed by atoms with van der Waals surface area (Å²) in [5.74, 6) is 1.87. The molecule has 0 heterocycles. The fourth-order valence-electron chi connectivity index (χ4n) is 3.17. The van der Waals surface area contributed by atoms with E-state index in [0.717, 1.165) is 16.9 Å². The Kier molecular flexibility index (Phi) is 8.40. The van der Waals surface area contributed by atoms with Crippen molar-refractivity contribution in [1.82, 2.24) is 0 Å². The summed E-state index contributed by atoms with van der Waals surface area (Å²) in [6, 6.07) is 20.6. The molecule has 168 valence electrons. The largest absolute Gasteiger partial charge is 0.493 e. The van der Waals surface area contributed by atoms with E-state index in [4.69, 9.17) is 30.9 Å². The van der Waals surface area contributed by atoms with Gasteiger partial charge in [-0.05, 0) is 61.7 Å². The number of rotatable bonds is 11. The highest BCUT2D eigenvalue weighted by atomic mass is 35.5. The Balaban J connectivity index is 1.54. The summed E-state index contributed by atoms with van der Waals surface area (Å²) in [4.78, 5) is 10.7. The Bertz CT molecular complexity index is 1040. The molecule has 1 unspecified atom stereocenters. The van der Waals surface area contributed by atoms with Crippen molar-refractivity contribution in [3.8, 4) is 23.0 Å². The third-order valence-electron chi connectivity index (χ3n) is 4.85. The smallest absolute Gasteiger partial charge is 0.303 e. The molecule has 1 N–H and O–H groups in total. The van der Waals surface area contributed by atoms with E-state index in [9.17, 15) is 4.79 Å². The van der Waals surface area contributed by atoms with E-state index in [1.54, 1.807) is 18.2 Å². The molecule has 5 nitrogen and oxygen atoms in total. The number of hydrogen-bond donors (Lipinski definition) is 1. The molecule has 32 heavy (non-hydrogen) atoms. The van der Waals surface area contributed by atoms with Gasteiger partial charge in [0, 0.05) is 23.9 Å². The monoisotopic (exact) mass is 454 g/mol. The molecular weight excluding hydrogens is 428 g/mol. The number of carboxylic acid groups (broad SMARTS) is 1. The number of aliphatic carboxylic acids is 1. The van der Waals surface area contributed by atoms with Crippen LogP contribution < -0.4 is 14.2 Å². The van der Waals surface area contributed by atoms with E-state index < -0.39 is 5.97 Å². The lowest BCUT2D eigenvalue weighted by Gasteiger charge is -2.18. The number of carboxylic acids is 1. The Labute approximate surface area is 193 Å². The van der Waals surface area contributed by atoms with Gasteiger partial charge in [-0.1, -0.05) is 41.9 Å². The molecular formula is C26H27ClO5. The molecule has 3 aromatic carbocycles. The van der Waals surface area contributed by atoms with Gasteiger partial charge in [-0.15, -0.1) is 0 Å². The Morgan fingerprint density at radius 3 is 2.47 bits per heavy atom. The number of hydrogen-bond acceptors (Lipinski definition) is 4. The molecule has 0 spiro atoms. The van der Waals surface area contributed by atoms with Crippen molar-refractivity contribution in [2.45, 2.75) is 39.2 Å². The van der Waals surface area contributed by atoms with Crippen LogP contribution in [0.4, 0.5) is 0 Å². The zero-order valence-corrected chi connectivity index (χ0v) is 19.0. The van der Waals surface area contributed by atoms with Gasteiger partial charge >= 0.3 is 5.97 Å². The molecule has 0 saturated carbocycles. The quantitative estimate of drug-likeness (QED) is 0.349. The first-order valence-electron chi connectivity index (χ1n) is 10.5. The number of benzene rings is 3. The molecule has 3 rings (SSSR count). The van der Waals surface area contributed by atoms with Gasteiger partial charge < -0.3 is 19.3 Å². The minimum Gasteiger partial charge on any atom is -0.493 e. The Morgan fingerprint density at radius 1 is 1.00 bits per heavy atom. The van der Waals surface area contributed by atoms with Crippen LogP contribution in [0.3, 0.4) is 0 Å². The normalized spacial score (nSPS) is 11.6. The second-order valence-corrected chi connectivity index (χ2v) is 8.00. The van der Waals surface area contributed by atoms with Gasteiger partial charge in [-0.25, -0.2) is 0 Å². The van der Waals surface area contributed by atoms with Crippen LogP contribution in [0.25, 0.3) is 0 Å². The topological polar surface area (TPSA) is 65.0 Å². The second-order valence-electron chi connectivity index (χ2n) is 7.57. The first-order chi connectivity index (χ1) is 15.4. The van der Waals surface area contributed by atoms with Crippen molar-refractivity contribution in [3.63, 3.8) is 0 Å². The molecule has 0 aromatic heterocycles. The average molecular weight is 455 g/mol. The number of carbonyl (C=O) groups is 1. The van der Waals surface area contributed by atoms with E-state index >= 15 is 0 Å². The summed E-state index contributed by atoms with van der Waals surface area (Å²) in [5.41, 5.74) is 1.97. The van der Waals surface area contributed by atoms with Gasteiger partial charge in [-0.3, -0.25) is 4.79 Å². The first-order valence-corrected chi connectivity index (χ1v) is 10.9. The van der Waals surface area contributed by atoms with Crippen molar-refractivity contribution >= 4 is 17.6 Å². The van der Waals surface area contributed by atoms with Gasteiger partial charge in [0.2, 0.25) is 0 Å². The van der Waals surface area contributed by atoms with E-state index in [0.29, 0.717) is 41.7 Å². The maximum absolute atomic E-state index is 10.7. The van der Waals surface area contributed by atoms with Crippen LogP contribution in [-0.4, -0.2) is 23.8 Å². The van der Waals surface area contributed by atoms with Crippen LogP contribution in [0, 0.1) is 6.92 Å². The van der Waals surface area contributed by atoms with Gasteiger partial charge in [0.15, 0.2) is 11.5 Å². The van der Waals surface area contributed by atoms with E-state index in [-0.39, 0.29) is 12.5 Å². The number of halogens is 1. The third kappa shape index (κ3) is 7.20. The van der Waals surface area contributed by atoms with Crippen molar-refractivity contribution in [2.75, 3.05) is 6.61 Å². The molecule has 0 radical (unpaired) electrons. The van der Waals surface area contributed by atoms with Crippen LogP contribution in [0.1, 0.15) is 30.9 Å².